The van der Waals surface area contributed by atoms with Crippen LogP contribution in [0.4, 0.5) is 8.78 Å². The molecule has 1 aromatic carbocycles. The summed E-state index contributed by atoms with van der Waals surface area (Å²) < 4.78 is 26.4. The average Bonchev–Trinajstić information content (AvgIpc) is 2.19. The zero-order valence-corrected chi connectivity index (χ0v) is 8.82. The lowest BCUT2D eigenvalue weighted by atomic mass is 10.0. The van der Waals surface area contributed by atoms with Crippen molar-refractivity contribution in [2.24, 2.45) is 0 Å². The van der Waals surface area contributed by atoms with Gasteiger partial charge in [0, 0.05) is 17.9 Å². The Labute approximate surface area is 87.9 Å². The standard InChI is InChI=1S/C11H13ClF2/c1-2-11(13,14)10-5-3-9(4-6-10)7-8-12/h3-6H,2,7-8H2,1H3. The van der Waals surface area contributed by atoms with E-state index in [2.05, 4.69) is 0 Å². The van der Waals surface area contributed by atoms with Crippen LogP contribution in [0.25, 0.3) is 0 Å². The molecule has 0 radical (unpaired) electrons. The number of hydrogen-bond acceptors (Lipinski definition) is 0. The summed E-state index contributed by atoms with van der Waals surface area (Å²) in [6, 6.07) is 6.37. The molecule has 0 nitrogen and oxygen atoms in total. The minimum atomic E-state index is -2.71. The largest absolute Gasteiger partial charge is 0.273 e. The van der Waals surface area contributed by atoms with Gasteiger partial charge in [0.15, 0.2) is 0 Å². The quantitative estimate of drug-likeness (QED) is 0.671. The smallest absolute Gasteiger partial charge is 0.201 e. The van der Waals surface area contributed by atoms with Crippen molar-refractivity contribution in [2.75, 3.05) is 5.88 Å². The first-order valence-electron chi connectivity index (χ1n) is 4.63. The molecule has 0 fully saturated rings. The fraction of sp³-hybridized carbons (Fsp3) is 0.455. The maximum Gasteiger partial charge on any atom is 0.273 e. The molecule has 0 aromatic heterocycles. The van der Waals surface area contributed by atoms with Crippen LogP contribution in [0.3, 0.4) is 0 Å². The fourth-order valence-electron chi connectivity index (χ4n) is 1.23. The van der Waals surface area contributed by atoms with E-state index in [1.54, 1.807) is 12.1 Å². The molecule has 0 aliphatic carbocycles. The molecule has 0 unspecified atom stereocenters. The van der Waals surface area contributed by atoms with Crippen LogP contribution in [0.15, 0.2) is 24.3 Å². The van der Waals surface area contributed by atoms with Gasteiger partial charge in [0.25, 0.3) is 5.92 Å². The van der Waals surface area contributed by atoms with E-state index in [0.717, 1.165) is 12.0 Å². The average molecular weight is 219 g/mol. The van der Waals surface area contributed by atoms with Crippen molar-refractivity contribution in [3.63, 3.8) is 0 Å². The summed E-state index contributed by atoms with van der Waals surface area (Å²) in [4.78, 5) is 0. The first kappa shape index (κ1) is 11.4. The van der Waals surface area contributed by atoms with E-state index >= 15 is 0 Å². The number of hydrogen-bond donors (Lipinski definition) is 0. The molecule has 0 spiro atoms. The van der Waals surface area contributed by atoms with Gasteiger partial charge in [-0.25, -0.2) is 8.78 Å². The summed E-state index contributed by atoms with van der Waals surface area (Å²) in [6.07, 6.45) is 0.557. The van der Waals surface area contributed by atoms with E-state index in [9.17, 15) is 8.78 Å². The summed E-state index contributed by atoms with van der Waals surface area (Å²) in [5.41, 5.74) is 1.08. The van der Waals surface area contributed by atoms with Gasteiger partial charge < -0.3 is 0 Å². The van der Waals surface area contributed by atoms with Crippen LogP contribution in [-0.4, -0.2) is 5.88 Å². The topological polar surface area (TPSA) is 0 Å². The van der Waals surface area contributed by atoms with Gasteiger partial charge >= 0.3 is 0 Å². The highest BCUT2D eigenvalue weighted by molar-refractivity contribution is 6.17. The predicted molar refractivity (Wildman–Crippen MR) is 55.1 cm³/mol. The molecule has 0 amide bonds. The first-order chi connectivity index (χ1) is 6.60. The third kappa shape index (κ3) is 2.68. The minimum Gasteiger partial charge on any atom is -0.201 e. The third-order valence-electron chi connectivity index (χ3n) is 2.20. The van der Waals surface area contributed by atoms with Crippen LogP contribution in [0.2, 0.25) is 0 Å². The van der Waals surface area contributed by atoms with Crippen LogP contribution in [0, 0.1) is 0 Å². The van der Waals surface area contributed by atoms with E-state index in [-0.39, 0.29) is 12.0 Å². The minimum absolute atomic E-state index is 0.0818. The van der Waals surface area contributed by atoms with Gasteiger partial charge in [0.1, 0.15) is 0 Å². The highest BCUT2D eigenvalue weighted by Crippen LogP contribution is 2.31. The molecule has 1 aromatic rings. The number of benzene rings is 1. The zero-order valence-electron chi connectivity index (χ0n) is 8.06. The lowest BCUT2D eigenvalue weighted by Crippen LogP contribution is -2.11. The molecule has 0 heterocycles. The maximum atomic E-state index is 13.2. The van der Waals surface area contributed by atoms with Crippen molar-refractivity contribution >= 4 is 11.6 Å². The Bertz CT molecular complexity index is 280. The second kappa shape index (κ2) is 4.74. The lowest BCUT2D eigenvalue weighted by Gasteiger charge is -2.14. The molecule has 78 valence electrons. The number of rotatable bonds is 4. The summed E-state index contributed by atoms with van der Waals surface area (Å²) in [5.74, 6) is -2.19. The molecule has 0 aliphatic heterocycles. The Morgan fingerprint density at radius 1 is 1.21 bits per heavy atom. The summed E-state index contributed by atoms with van der Waals surface area (Å²) >= 11 is 5.54. The monoisotopic (exact) mass is 218 g/mol. The molecule has 3 heteroatoms. The highest BCUT2D eigenvalue weighted by atomic mass is 35.5. The lowest BCUT2D eigenvalue weighted by molar-refractivity contribution is -0.00829. The van der Waals surface area contributed by atoms with E-state index in [0.29, 0.717) is 5.88 Å². The molecule has 0 atom stereocenters. The first-order valence-corrected chi connectivity index (χ1v) is 5.17. The predicted octanol–water partition coefficient (Wildman–Crippen LogP) is 3.97. The Hall–Kier alpha value is -0.630. The molecule has 0 aliphatic rings. The van der Waals surface area contributed by atoms with Crippen molar-refractivity contribution in [1.82, 2.24) is 0 Å². The van der Waals surface area contributed by atoms with Gasteiger partial charge in [0.05, 0.1) is 0 Å². The van der Waals surface area contributed by atoms with Gasteiger partial charge in [0.2, 0.25) is 0 Å². The van der Waals surface area contributed by atoms with Crippen molar-refractivity contribution in [3.8, 4) is 0 Å². The maximum absolute atomic E-state index is 13.2. The van der Waals surface area contributed by atoms with Crippen molar-refractivity contribution < 1.29 is 8.78 Å². The van der Waals surface area contributed by atoms with Crippen molar-refractivity contribution in [1.29, 1.82) is 0 Å². The fourth-order valence-corrected chi connectivity index (χ4v) is 1.45. The molecule has 0 bridgehead atoms. The van der Waals surface area contributed by atoms with E-state index < -0.39 is 5.92 Å². The Morgan fingerprint density at radius 3 is 2.21 bits per heavy atom. The van der Waals surface area contributed by atoms with Crippen molar-refractivity contribution in [2.45, 2.75) is 25.7 Å². The van der Waals surface area contributed by atoms with Gasteiger partial charge in [-0.15, -0.1) is 11.6 Å². The zero-order chi connectivity index (χ0) is 10.6. The number of alkyl halides is 3. The van der Waals surface area contributed by atoms with Gasteiger partial charge in [-0.05, 0) is 12.0 Å². The molecule has 14 heavy (non-hydrogen) atoms. The number of halogens is 3. The summed E-state index contributed by atoms with van der Waals surface area (Å²) in [6.45, 7) is 1.48. The molecular weight excluding hydrogens is 206 g/mol. The molecule has 0 saturated carbocycles. The van der Waals surface area contributed by atoms with E-state index in [4.69, 9.17) is 11.6 Å². The molecular formula is C11H13ClF2. The van der Waals surface area contributed by atoms with E-state index in [1.807, 2.05) is 0 Å². The second-order valence-electron chi connectivity index (χ2n) is 3.19. The SMILES string of the molecule is CCC(F)(F)c1ccc(CCCl)cc1. The van der Waals surface area contributed by atoms with Crippen LogP contribution in [-0.2, 0) is 12.3 Å². The van der Waals surface area contributed by atoms with Crippen LogP contribution >= 0.6 is 11.6 Å². The van der Waals surface area contributed by atoms with Crippen LogP contribution in [0.1, 0.15) is 24.5 Å². The van der Waals surface area contributed by atoms with Gasteiger partial charge in [-0.1, -0.05) is 31.2 Å². The van der Waals surface area contributed by atoms with Crippen LogP contribution in [0.5, 0.6) is 0 Å². The van der Waals surface area contributed by atoms with Gasteiger partial charge in [-0.3, -0.25) is 0 Å². The summed E-state index contributed by atoms with van der Waals surface area (Å²) in [5, 5.41) is 0. The van der Waals surface area contributed by atoms with Gasteiger partial charge in [-0.2, -0.15) is 0 Å². The Balaban J connectivity index is 2.82. The third-order valence-corrected chi connectivity index (χ3v) is 2.39. The molecule has 0 N–H and O–H groups in total. The number of aryl methyl sites for hydroxylation is 1. The molecule has 0 saturated heterocycles. The normalized spacial score (nSPS) is 11.7. The Morgan fingerprint density at radius 2 is 1.79 bits per heavy atom. The molecule has 1 rings (SSSR count). The van der Waals surface area contributed by atoms with Crippen molar-refractivity contribution in [3.05, 3.63) is 35.4 Å². The highest BCUT2D eigenvalue weighted by Gasteiger charge is 2.28. The second-order valence-corrected chi connectivity index (χ2v) is 3.57. The van der Waals surface area contributed by atoms with E-state index in [1.165, 1.54) is 19.1 Å². The Kier molecular flexibility index (Phi) is 3.87. The van der Waals surface area contributed by atoms with Crippen LogP contribution < -0.4 is 0 Å². The summed E-state index contributed by atoms with van der Waals surface area (Å²) in [7, 11) is 0.